The fraction of sp³-hybridized carbons (Fsp3) is 1.00. The average molecular weight is 366 g/mol. The molecular weight excluding hydrogens is 350 g/mol. The van der Waals surface area contributed by atoms with E-state index in [0.717, 1.165) is 0 Å². The third-order valence-corrected chi connectivity index (χ3v) is 6.18. The van der Waals surface area contributed by atoms with Crippen molar-refractivity contribution in [2.45, 2.75) is 63.1 Å². The molecule has 0 heterocycles. The van der Waals surface area contributed by atoms with Crippen molar-refractivity contribution in [1.29, 1.82) is 0 Å². The van der Waals surface area contributed by atoms with Gasteiger partial charge in [-0.2, -0.15) is 13.2 Å². The Morgan fingerprint density at radius 3 is 1.37 bits per heavy atom. The van der Waals surface area contributed by atoms with Crippen molar-refractivity contribution in [2.24, 2.45) is 0 Å². The Balaban J connectivity index is 3.52. The molecule has 0 nitrogen and oxygen atoms in total. The maximum absolute atomic E-state index is 13.2. The molecule has 0 aliphatic carbocycles. The van der Waals surface area contributed by atoms with Gasteiger partial charge in [0.1, 0.15) is 0 Å². The van der Waals surface area contributed by atoms with Crippen LogP contribution in [0.2, 0.25) is 0 Å². The first-order valence-corrected chi connectivity index (χ1v) is 11.0. The van der Waals surface area contributed by atoms with Gasteiger partial charge in [0.05, 0.1) is 0 Å². The lowest BCUT2D eigenvalue weighted by atomic mass is 10.1. The van der Waals surface area contributed by atoms with Crippen molar-refractivity contribution in [1.82, 2.24) is 0 Å². The molecule has 0 fully saturated rings. The van der Waals surface area contributed by atoms with Crippen LogP contribution >= 0.6 is 33.2 Å². The second-order valence-electron chi connectivity index (χ2n) is 4.44. The van der Waals surface area contributed by atoms with Gasteiger partial charge in [0, 0.05) is 12.8 Å². The van der Waals surface area contributed by atoms with E-state index in [2.05, 4.69) is 0 Å². The lowest BCUT2D eigenvalue weighted by molar-refractivity contribution is -0.135. The molecule has 0 spiro atoms. The monoisotopic (exact) mass is 364 g/mol. The molecule has 0 saturated heterocycles. The van der Waals surface area contributed by atoms with Crippen molar-refractivity contribution in [3.8, 4) is 0 Å². The van der Waals surface area contributed by atoms with Crippen molar-refractivity contribution >= 4 is 39.2 Å². The van der Waals surface area contributed by atoms with E-state index in [1.165, 1.54) is 0 Å². The lowest BCUT2D eigenvalue weighted by Crippen LogP contribution is -2.38. The summed E-state index contributed by atoms with van der Waals surface area (Å²) in [5, 5.41) is 0. The van der Waals surface area contributed by atoms with Gasteiger partial charge in [-0.3, -0.25) is 0 Å². The van der Waals surface area contributed by atoms with Gasteiger partial charge in [-0.05, 0) is 12.8 Å². The summed E-state index contributed by atoms with van der Waals surface area (Å²) in [4.78, 5) is 0. The van der Waals surface area contributed by atoms with Crippen molar-refractivity contribution < 1.29 is 22.0 Å². The highest BCUT2D eigenvalue weighted by Gasteiger charge is 2.53. The molecule has 116 valence electrons. The van der Waals surface area contributed by atoms with E-state index in [1.807, 2.05) is 0 Å². The molecule has 9 heteroatoms. The zero-order valence-electron chi connectivity index (χ0n) is 10.2. The number of rotatable bonds is 9. The standard InChI is InChI=1S/C10H16Cl3F5Si/c11-19(12,13)10(17,18)8-6-4-2-1-3-5-7-9(14,15)16/h1-8H2. The molecule has 0 atom stereocenters. The summed E-state index contributed by atoms with van der Waals surface area (Å²) < 4.78 is 61.9. The number of hydrogen-bond acceptors (Lipinski definition) is 0. The van der Waals surface area contributed by atoms with E-state index >= 15 is 0 Å². The quantitative estimate of drug-likeness (QED) is 0.189. The summed E-state index contributed by atoms with van der Waals surface area (Å²) in [7, 11) is 0. The van der Waals surface area contributed by atoms with Gasteiger partial charge in [0.2, 0.25) is 0 Å². The summed E-state index contributed by atoms with van der Waals surface area (Å²) >= 11 is 15.8. The summed E-state index contributed by atoms with van der Waals surface area (Å²) in [5.41, 5.74) is -3.24. The van der Waals surface area contributed by atoms with Gasteiger partial charge in [-0.1, -0.05) is 25.7 Å². The van der Waals surface area contributed by atoms with Gasteiger partial charge >= 0.3 is 12.2 Å². The fourth-order valence-corrected chi connectivity index (χ4v) is 2.83. The zero-order valence-corrected chi connectivity index (χ0v) is 13.4. The van der Waals surface area contributed by atoms with Gasteiger partial charge in [-0.15, -0.1) is 33.2 Å². The predicted octanol–water partition coefficient (Wildman–Crippen LogP) is 6.50. The van der Waals surface area contributed by atoms with E-state index in [9.17, 15) is 22.0 Å². The third kappa shape index (κ3) is 10.2. The van der Waals surface area contributed by atoms with Crippen molar-refractivity contribution in [3.63, 3.8) is 0 Å². The second-order valence-corrected chi connectivity index (χ2v) is 13.0. The van der Waals surface area contributed by atoms with E-state index < -0.39 is 30.6 Å². The van der Waals surface area contributed by atoms with E-state index in [0.29, 0.717) is 25.7 Å². The Labute approximate surface area is 124 Å². The largest absolute Gasteiger partial charge is 0.415 e. The van der Waals surface area contributed by atoms with Gasteiger partial charge in [0.15, 0.2) is 0 Å². The van der Waals surface area contributed by atoms with Crippen LogP contribution < -0.4 is 0 Å². The predicted molar refractivity (Wildman–Crippen MR) is 71.3 cm³/mol. The van der Waals surface area contributed by atoms with Crippen LogP contribution in [0.4, 0.5) is 22.0 Å². The summed E-state index contributed by atoms with van der Waals surface area (Å²) in [5.74, 6) is 0. The molecule has 0 radical (unpaired) electrons. The van der Waals surface area contributed by atoms with Crippen LogP contribution in [0.25, 0.3) is 0 Å². The van der Waals surface area contributed by atoms with Crippen LogP contribution in [0.3, 0.4) is 0 Å². The highest BCUT2D eigenvalue weighted by atomic mass is 35.8. The maximum Gasteiger partial charge on any atom is 0.415 e. The molecule has 0 N–H and O–H groups in total. The summed E-state index contributed by atoms with van der Waals surface area (Å²) in [6.45, 7) is 0. The van der Waals surface area contributed by atoms with Crippen molar-refractivity contribution in [3.05, 3.63) is 0 Å². The third-order valence-electron chi connectivity index (χ3n) is 2.62. The van der Waals surface area contributed by atoms with Crippen LogP contribution in [-0.4, -0.2) is 17.7 Å². The first-order chi connectivity index (χ1) is 8.46. The lowest BCUT2D eigenvalue weighted by Gasteiger charge is -2.21. The minimum atomic E-state index is -4.11. The SMILES string of the molecule is FC(F)(F)CCCCCCCCC(F)(F)[Si](Cl)(Cl)Cl. The number of halogens is 8. The molecule has 0 saturated carbocycles. The fourth-order valence-electron chi connectivity index (χ4n) is 1.52. The molecule has 19 heavy (non-hydrogen) atoms. The van der Waals surface area contributed by atoms with Crippen LogP contribution in [-0.2, 0) is 0 Å². The van der Waals surface area contributed by atoms with Crippen LogP contribution in [0.1, 0.15) is 51.4 Å². The number of alkyl halides is 5. The molecule has 0 aromatic rings. The Morgan fingerprint density at radius 1 is 0.632 bits per heavy atom. The topological polar surface area (TPSA) is 0 Å². The first kappa shape index (κ1) is 19.7. The summed E-state index contributed by atoms with van der Waals surface area (Å²) in [6.07, 6.45) is -2.89. The van der Waals surface area contributed by atoms with Gasteiger partial charge < -0.3 is 0 Å². The smallest absolute Gasteiger partial charge is 0.207 e. The molecule has 0 rings (SSSR count). The Bertz CT molecular complexity index is 253. The number of unbranched alkanes of at least 4 members (excludes halogenated alkanes) is 5. The molecule has 0 aliphatic heterocycles. The maximum atomic E-state index is 13.2. The molecule has 0 aromatic carbocycles. The molecule has 0 amide bonds. The normalized spacial score (nSPS) is 13.9. The van der Waals surface area contributed by atoms with Gasteiger partial charge in [0.25, 0.3) is 5.55 Å². The van der Waals surface area contributed by atoms with E-state index in [4.69, 9.17) is 33.2 Å². The molecule has 0 aliphatic rings. The highest BCUT2D eigenvalue weighted by Crippen LogP contribution is 2.40. The van der Waals surface area contributed by atoms with Crippen LogP contribution in [0.15, 0.2) is 0 Å². The second kappa shape index (κ2) is 8.25. The number of hydrogen-bond donors (Lipinski definition) is 0. The molecule has 0 unspecified atom stereocenters. The Kier molecular flexibility index (Phi) is 8.57. The Hall–Kier alpha value is 0.737. The minimum Gasteiger partial charge on any atom is -0.207 e. The van der Waals surface area contributed by atoms with E-state index in [-0.39, 0.29) is 12.8 Å². The summed E-state index contributed by atoms with van der Waals surface area (Å²) in [6, 6.07) is -4.03. The molecule has 0 bridgehead atoms. The molecule has 0 aromatic heterocycles. The first-order valence-electron chi connectivity index (χ1n) is 5.97. The zero-order chi connectivity index (χ0) is 15.2. The molecular formula is C10H16Cl3F5Si. The Morgan fingerprint density at radius 2 is 1.00 bits per heavy atom. The van der Waals surface area contributed by atoms with Crippen LogP contribution in [0, 0.1) is 0 Å². The minimum absolute atomic E-state index is 0.0841. The van der Waals surface area contributed by atoms with Crippen molar-refractivity contribution in [2.75, 3.05) is 0 Å². The van der Waals surface area contributed by atoms with Crippen LogP contribution in [0.5, 0.6) is 0 Å². The average Bonchev–Trinajstić information content (AvgIpc) is 2.18. The van der Waals surface area contributed by atoms with Gasteiger partial charge in [-0.25, -0.2) is 8.78 Å². The van der Waals surface area contributed by atoms with E-state index in [1.54, 1.807) is 0 Å². The highest BCUT2D eigenvalue weighted by molar-refractivity contribution is 7.65.